The number of thiophene rings is 1. The number of fused-ring (bicyclic) bond motifs is 1. The fraction of sp³-hybridized carbons (Fsp3) is 0.500. The van der Waals surface area contributed by atoms with Crippen LogP contribution in [0.1, 0.15) is 18.9 Å². The van der Waals surface area contributed by atoms with Crippen LogP contribution in [0, 0.1) is 0 Å². The van der Waals surface area contributed by atoms with Crippen LogP contribution in [0.3, 0.4) is 0 Å². The van der Waals surface area contributed by atoms with Crippen molar-refractivity contribution in [3.05, 3.63) is 35.2 Å². The first-order valence-electron chi connectivity index (χ1n) is 8.40. The van der Waals surface area contributed by atoms with E-state index >= 15 is 0 Å². The van der Waals surface area contributed by atoms with Crippen molar-refractivity contribution in [3.8, 4) is 0 Å². The van der Waals surface area contributed by atoms with E-state index < -0.39 is 6.10 Å². The number of hydrogen-bond acceptors (Lipinski definition) is 4. The lowest BCUT2D eigenvalue weighted by Crippen LogP contribution is -2.53. The molecule has 2 heterocycles. The van der Waals surface area contributed by atoms with E-state index in [1.54, 1.807) is 23.2 Å². The van der Waals surface area contributed by atoms with Crippen LogP contribution in [0.25, 0.3) is 10.1 Å². The van der Waals surface area contributed by atoms with Crippen LogP contribution in [0.4, 0.5) is 4.79 Å². The highest BCUT2D eigenvalue weighted by Crippen LogP contribution is 2.25. The molecule has 1 saturated heterocycles. The maximum Gasteiger partial charge on any atom is 0.317 e. The number of carbonyl (C=O) groups is 1. The van der Waals surface area contributed by atoms with E-state index in [2.05, 4.69) is 22.8 Å². The van der Waals surface area contributed by atoms with Crippen molar-refractivity contribution >= 4 is 27.5 Å². The molecular formula is C18H24N2O3S. The third-order valence-corrected chi connectivity index (χ3v) is 5.35. The molecule has 0 aliphatic carbocycles. The standard InChI is InChI=1S/C18H24N2O3S/c1-13(21)10-15-11-23-9-8-20(15)18(22)19-7-6-14-12-24-17-5-3-2-4-16(14)17/h2-5,12-13,15,21H,6-11H2,1H3,(H,19,22)/t13-,15+/m0/s1. The van der Waals surface area contributed by atoms with E-state index in [9.17, 15) is 9.90 Å². The van der Waals surface area contributed by atoms with Crippen molar-refractivity contribution in [2.45, 2.75) is 31.9 Å². The zero-order chi connectivity index (χ0) is 16.9. The van der Waals surface area contributed by atoms with Crippen molar-refractivity contribution in [2.75, 3.05) is 26.3 Å². The molecular weight excluding hydrogens is 324 g/mol. The Labute approximate surface area is 146 Å². The topological polar surface area (TPSA) is 61.8 Å². The van der Waals surface area contributed by atoms with Gasteiger partial charge in [-0.2, -0.15) is 0 Å². The monoisotopic (exact) mass is 348 g/mol. The van der Waals surface area contributed by atoms with Gasteiger partial charge in [-0.25, -0.2) is 4.79 Å². The first-order valence-corrected chi connectivity index (χ1v) is 9.28. The van der Waals surface area contributed by atoms with Crippen molar-refractivity contribution in [3.63, 3.8) is 0 Å². The van der Waals surface area contributed by atoms with Crippen molar-refractivity contribution in [1.82, 2.24) is 10.2 Å². The lowest BCUT2D eigenvalue weighted by molar-refractivity contribution is -0.00425. The number of aliphatic hydroxyl groups excluding tert-OH is 1. The van der Waals surface area contributed by atoms with E-state index in [-0.39, 0.29) is 12.1 Å². The number of benzene rings is 1. The summed E-state index contributed by atoms with van der Waals surface area (Å²) in [6, 6.07) is 8.22. The Morgan fingerprint density at radius 3 is 3.17 bits per heavy atom. The molecule has 1 aromatic carbocycles. The van der Waals surface area contributed by atoms with E-state index in [1.165, 1.54) is 15.6 Å². The highest BCUT2D eigenvalue weighted by molar-refractivity contribution is 7.17. The van der Waals surface area contributed by atoms with Gasteiger partial charge in [0.2, 0.25) is 0 Å². The van der Waals surface area contributed by atoms with Crippen LogP contribution in [-0.4, -0.2) is 54.5 Å². The van der Waals surface area contributed by atoms with E-state index in [0.29, 0.717) is 32.7 Å². The molecule has 1 fully saturated rings. The molecule has 6 heteroatoms. The molecule has 0 unspecified atom stereocenters. The highest BCUT2D eigenvalue weighted by Gasteiger charge is 2.28. The molecule has 2 atom stereocenters. The number of aliphatic hydroxyl groups is 1. The normalized spacial score (nSPS) is 19.4. The number of nitrogens with zero attached hydrogens (tertiary/aromatic N) is 1. The summed E-state index contributed by atoms with van der Waals surface area (Å²) in [7, 11) is 0. The van der Waals surface area contributed by atoms with Gasteiger partial charge in [0.25, 0.3) is 0 Å². The molecule has 5 nitrogen and oxygen atoms in total. The van der Waals surface area contributed by atoms with E-state index in [0.717, 1.165) is 6.42 Å². The first-order chi connectivity index (χ1) is 11.6. The van der Waals surface area contributed by atoms with E-state index in [4.69, 9.17) is 4.74 Å². The Hall–Kier alpha value is -1.63. The number of rotatable bonds is 5. The third kappa shape index (κ3) is 4.06. The lowest BCUT2D eigenvalue weighted by Gasteiger charge is -2.36. The number of urea groups is 1. The van der Waals surface area contributed by atoms with Crippen LogP contribution < -0.4 is 5.32 Å². The van der Waals surface area contributed by atoms with Gasteiger partial charge in [0.1, 0.15) is 0 Å². The van der Waals surface area contributed by atoms with Gasteiger partial charge in [-0.05, 0) is 42.2 Å². The molecule has 0 spiro atoms. The molecule has 0 radical (unpaired) electrons. The van der Waals surface area contributed by atoms with Crippen molar-refractivity contribution in [1.29, 1.82) is 0 Å². The van der Waals surface area contributed by atoms with Crippen molar-refractivity contribution in [2.24, 2.45) is 0 Å². The second-order valence-corrected chi connectivity index (χ2v) is 7.16. The van der Waals surface area contributed by atoms with Crippen LogP contribution in [0.5, 0.6) is 0 Å². The van der Waals surface area contributed by atoms with Gasteiger partial charge in [-0.15, -0.1) is 11.3 Å². The van der Waals surface area contributed by atoms with Crippen LogP contribution in [-0.2, 0) is 11.2 Å². The molecule has 0 saturated carbocycles. The summed E-state index contributed by atoms with van der Waals surface area (Å²) in [5.74, 6) is 0. The molecule has 1 aliphatic rings. The maximum atomic E-state index is 12.5. The largest absolute Gasteiger partial charge is 0.393 e. The predicted octanol–water partition coefficient (Wildman–Crippen LogP) is 2.63. The quantitative estimate of drug-likeness (QED) is 0.873. The van der Waals surface area contributed by atoms with Crippen LogP contribution in [0.2, 0.25) is 0 Å². The Morgan fingerprint density at radius 1 is 1.50 bits per heavy atom. The molecule has 130 valence electrons. The maximum absolute atomic E-state index is 12.5. The summed E-state index contributed by atoms with van der Waals surface area (Å²) in [4.78, 5) is 14.3. The predicted molar refractivity (Wildman–Crippen MR) is 96.5 cm³/mol. The van der Waals surface area contributed by atoms with Gasteiger partial charge in [-0.1, -0.05) is 18.2 Å². The van der Waals surface area contributed by atoms with Gasteiger partial charge in [-0.3, -0.25) is 0 Å². The molecule has 0 bridgehead atoms. The molecule has 2 amide bonds. The van der Waals surface area contributed by atoms with E-state index in [1.807, 2.05) is 12.1 Å². The minimum absolute atomic E-state index is 0.0549. The average Bonchev–Trinajstić information content (AvgIpc) is 2.98. The molecule has 24 heavy (non-hydrogen) atoms. The number of nitrogens with one attached hydrogen (secondary N) is 1. The molecule has 1 aliphatic heterocycles. The Bertz CT molecular complexity index is 686. The fourth-order valence-corrected chi connectivity index (χ4v) is 4.14. The SMILES string of the molecule is C[C@H](O)C[C@@H]1COCCN1C(=O)NCCc1csc2ccccc12. The number of amides is 2. The minimum atomic E-state index is -0.441. The molecule has 3 rings (SSSR count). The summed E-state index contributed by atoms with van der Waals surface area (Å²) in [5, 5.41) is 16.0. The Kier molecular flexibility index (Phi) is 5.71. The van der Waals surface area contributed by atoms with Crippen molar-refractivity contribution < 1.29 is 14.6 Å². The van der Waals surface area contributed by atoms with Gasteiger partial charge < -0.3 is 20.1 Å². The average molecular weight is 348 g/mol. The van der Waals surface area contributed by atoms with Gasteiger partial charge in [0.15, 0.2) is 0 Å². The zero-order valence-electron chi connectivity index (χ0n) is 13.9. The molecule has 1 aromatic heterocycles. The number of carbonyl (C=O) groups excluding carboxylic acids is 1. The summed E-state index contributed by atoms with van der Waals surface area (Å²) < 4.78 is 6.73. The van der Waals surface area contributed by atoms with Gasteiger partial charge >= 0.3 is 6.03 Å². The summed E-state index contributed by atoms with van der Waals surface area (Å²) in [6.07, 6.45) is 0.924. The van der Waals surface area contributed by atoms with Gasteiger partial charge in [0.05, 0.1) is 25.4 Å². The highest BCUT2D eigenvalue weighted by atomic mass is 32.1. The number of hydrogen-bond donors (Lipinski definition) is 2. The summed E-state index contributed by atoms with van der Waals surface area (Å²) in [6.45, 7) is 3.97. The fourth-order valence-electron chi connectivity index (χ4n) is 3.14. The zero-order valence-corrected chi connectivity index (χ0v) is 14.7. The first kappa shape index (κ1) is 17.2. The summed E-state index contributed by atoms with van der Waals surface area (Å²) in [5.41, 5.74) is 1.28. The Morgan fingerprint density at radius 2 is 2.33 bits per heavy atom. The minimum Gasteiger partial charge on any atom is -0.393 e. The lowest BCUT2D eigenvalue weighted by atomic mass is 10.1. The number of ether oxygens (including phenoxy) is 1. The second kappa shape index (κ2) is 7.96. The van der Waals surface area contributed by atoms with Crippen LogP contribution >= 0.6 is 11.3 Å². The van der Waals surface area contributed by atoms with Gasteiger partial charge in [0, 0.05) is 17.8 Å². The number of morpholine rings is 1. The summed E-state index contributed by atoms with van der Waals surface area (Å²) >= 11 is 1.74. The molecule has 2 aromatic rings. The third-order valence-electron chi connectivity index (χ3n) is 4.33. The Balaban J connectivity index is 1.54. The molecule has 2 N–H and O–H groups in total. The smallest absolute Gasteiger partial charge is 0.317 e. The van der Waals surface area contributed by atoms with Crippen LogP contribution in [0.15, 0.2) is 29.6 Å². The second-order valence-electron chi connectivity index (χ2n) is 6.25.